The van der Waals surface area contributed by atoms with E-state index in [2.05, 4.69) is 43.2 Å². The van der Waals surface area contributed by atoms with Crippen molar-refractivity contribution < 1.29 is 0 Å². The zero-order valence-corrected chi connectivity index (χ0v) is 19.2. The maximum Gasteiger partial charge on any atom is 0.0858 e. The van der Waals surface area contributed by atoms with Crippen molar-refractivity contribution in [2.75, 3.05) is 24.7 Å². The van der Waals surface area contributed by atoms with Crippen LogP contribution in [-0.4, -0.2) is 14.1 Å². The van der Waals surface area contributed by atoms with Crippen molar-refractivity contribution in [3.05, 3.63) is 108 Å². The van der Waals surface area contributed by atoms with E-state index < -0.39 is 0 Å². The maximum atomic E-state index is 4.31. The number of azo groups is 2. The summed E-state index contributed by atoms with van der Waals surface area (Å²) in [5, 5.41) is 23.4. The molecule has 4 rings (SSSR count). The van der Waals surface area contributed by atoms with Crippen LogP contribution in [0.4, 0.5) is 34.1 Å². The third-order valence-corrected chi connectivity index (χ3v) is 5.13. The van der Waals surface area contributed by atoms with Crippen LogP contribution in [0.5, 0.6) is 0 Å². The van der Waals surface area contributed by atoms with E-state index in [4.69, 9.17) is 0 Å². The number of nitrogens with zero attached hydrogens (tertiary/aromatic N) is 4. The van der Waals surface area contributed by atoms with E-state index in [-0.39, 0.29) is 0 Å². The van der Waals surface area contributed by atoms with Crippen LogP contribution in [0.2, 0.25) is 0 Å². The molecular formula is C28H26N6. The first-order valence-corrected chi connectivity index (χ1v) is 11.0. The van der Waals surface area contributed by atoms with Crippen LogP contribution in [0.25, 0.3) is 12.2 Å². The van der Waals surface area contributed by atoms with E-state index in [0.29, 0.717) is 0 Å². The second kappa shape index (κ2) is 11.3. The van der Waals surface area contributed by atoms with Gasteiger partial charge >= 0.3 is 0 Å². The molecule has 0 radical (unpaired) electrons. The molecule has 34 heavy (non-hydrogen) atoms. The van der Waals surface area contributed by atoms with Gasteiger partial charge in [0.05, 0.1) is 22.7 Å². The zero-order chi connectivity index (χ0) is 23.6. The van der Waals surface area contributed by atoms with E-state index >= 15 is 0 Å². The highest BCUT2D eigenvalue weighted by Crippen LogP contribution is 2.23. The topological polar surface area (TPSA) is 73.5 Å². The summed E-state index contributed by atoms with van der Waals surface area (Å²) in [6, 6.07) is 31.5. The third kappa shape index (κ3) is 6.46. The first-order valence-electron chi connectivity index (χ1n) is 11.0. The second-order valence-electron chi connectivity index (χ2n) is 7.51. The molecule has 0 aromatic heterocycles. The van der Waals surface area contributed by atoms with E-state index in [0.717, 1.165) is 45.3 Å². The predicted octanol–water partition coefficient (Wildman–Crippen LogP) is 8.77. The molecule has 0 aliphatic heterocycles. The summed E-state index contributed by atoms with van der Waals surface area (Å²) in [4.78, 5) is 0. The van der Waals surface area contributed by atoms with Crippen LogP contribution < -0.4 is 10.6 Å². The van der Waals surface area contributed by atoms with Gasteiger partial charge in [-0.25, -0.2) is 0 Å². The Morgan fingerprint density at radius 3 is 0.941 bits per heavy atom. The molecule has 0 amide bonds. The molecule has 6 nitrogen and oxygen atoms in total. The van der Waals surface area contributed by atoms with Crippen LogP contribution in [-0.2, 0) is 0 Å². The normalized spacial score (nSPS) is 11.5. The van der Waals surface area contributed by atoms with Crippen molar-refractivity contribution in [2.45, 2.75) is 0 Å². The van der Waals surface area contributed by atoms with Crippen LogP contribution in [0, 0.1) is 0 Å². The van der Waals surface area contributed by atoms with Gasteiger partial charge in [-0.1, -0.05) is 36.4 Å². The highest BCUT2D eigenvalue weighted by atomic mass is 15.1. The molecule has 0 saturated heterocycles. The van der Waals surface area contributed by atoms with Crippen LogP contribution in [0.15, 0.2) is 118 Å². The number of hydrogen-bond acceptors (Lipinski definition) is 6. The average Bonchev–Trinajstić information content (AvgIpc) is 2.91. The summed E-state index contributed by atoms with van der Waals surface area (Å²) >= 11 is 0. The Morgan fingerprint density at radius 1 is 0.412 bits per heavy atom. The van der Waals surface area contributed by atoms with E-state index in [1.54, 1.807) is 0 Å². The Hall–Kier alpha value is -4.58. The molecule has 0 fully saturated rings. The molecule has 0 saturated carbocycles. The molecule has 0 atom stereocenters. The standard InChI is InChI=1S/C28H26N6/c1-29-23-13-17-27(18-14-23)33-31-25-9-5-21(6-10-25)3-4-22-7-11-26(12-8-22)32-34-28-19-15-24(30-2)16-20-28/h3-20,29-30H,1-2H3/b4-3+,33-31?,34-32?. The maximum absolute atomic E-state index is 4.31. The smallest absolute Gasteiger partial charge is 0.0858 e. The fourth-order valence-electron chi connectivity index (χ4n) is 3.12. The van der Waals surface area contributed by atoms with Gasteiger partial charge in [-0.15, -0.1) is 0 Å². The van der Waals surface area contributed by atoms with Crippen molar-refractivity contribution in [3.8, 4) is 0 Å². The zero-order valence-electron chi connectivity index (χ0n) is 19.2. The van der Waals surface area contributed by atoms with Crippen LogP contribution in [0.1, 0.15) is 11.1 Å². The fraction of sp³-hybridized carbons (Fsp3) is 0.0714. The number of benzene rings is 4. The molecule has 0 bridgehead atoms. The first-order chi connectivity index (χ1) is 16.7. The summed E-state index contributed by atoms with van der Waals surface area (Å²) in [6.45, 7) is 0. The Kier molecular flexibility index (Phi) is 7.54. The molecule has 4 aromatic carbocycles. The molecule has 2 N–H and O–H groups in total. The molecule has 0 heterocycles. The largest absolute Gasteiger partial charge is 0.388 e. The predicted molar refractivity (Wildman–Crippen MR) is 142 cm³/mol. The van der Waals surface area contributed by atoms with Crippen molar-refractivity contribution in [2.24, 2.45) is 20.5 Å². The summed E-state index contributed by atoms with van der Waals surface area (Å²) in [5.74, 6) is 0. The first kappa shape index (κ1) is 22.6. The van der Waals surface area contributed by atoms with Crippen LogP contribution in [0.3, 0.4) is 0 Å². The summed E-state index contributed by atoms with van der Waals surface area (Å²) in [7, 11) is 3.78. The molecule has 6 heteroatoms. The lowest BCUT2D eigenvalue weighted by atomic mass is 10.1. The highest BCUT2D eigenvalue weighted by Gasteiger charge is 1.95. The van der Waals surface area contributed by atoms with Gasteiger partial charge in [0.15, 0.2) is 0 Å². The Morgan fingerprint density at radius 2 is 0.676 bits per heavy atom. The lowest BCUT2D eigenvalue weighted by Gasteiger charge is -1.99. The van der Waals surface area contributed by atoms with E-state index in [1.165, 1.54) is 0 Å². The molecule has 0 aliphatic carbocycles. The van der Waals surface area contributed by atoms with Gasteiger partial charge < -0.3 is 10.6 Å². The summed E-state index contributed by atoms with van der Waals surface area (Å²) < 4.78 is 0. The monoisotopic (exact) mass is 446 g/mol. The molecule has 168 valence electrons. The van der Waals surface area contributed by atoms with Gasteiger partial charge in [0.2, 0.25) is 0 Å². The summed E-state index contributed by atoms with van der Waals surface area (Å²) in [6.07, 6.45) is 4.13. The van der Waals surface area contributed by atoms with Gasteiger partial charge in [-0.2, -0.15) is 20.5 Å². The number of hydrogen-bond donors (Lipinski definition) is 2. The molecular weight excluding hydrogens is 420 g/mol. The lowest BCUT2D eigenvalue weighted by molar-refractivity contribution is 1.23. The van der Waals surface area contributed by atoms with Gasteiger partial charge in [-0.3, -0.25) is 0 Å². The fourth-order valence-corrected chi connectivity index (χ4v) is 3.12. The Labute approximate surface area is 199 Å². The Bertz CT molecular complexity index is 1170. The van der Waals surface area contributed by atoms with Gasteiger partial charge in [0.25, 0.3) is 0 Å². The van der Waals surface area contributed by atoms with Gasteiger partial charge in [0.1, 0.15) is 0 Å². The molecule has 0 unspecified atom stereocenters. The number of rotatable bonds is 8. The molecule has 0 aliphatic rings. The highest BCUT2D eigenvalue weighted by molar-refractivity contribution is 5.70. The van der Waals surface area contributed by atoms with Crippen molar-refractivity contribution in [3.63, 3.8) is 0 Å². The van der Waals surface area contributed by atoms with Crippen molar-refractivity contribution in [1.29, 1.82) is 0 Å². The molecule has 0 spiro atoms. The SMILES string of the molecule is CNc1ccc(N=Nc2ccc(/C=C/c3ccc(N=Nc4ccc(NC)cc4)cc3)cc2)cc1. The lowest BCUT2D eigenvalue weighted by Crippen LogP contribution is -1.85. The van der Waals surface area contributed by atoms with E-state index in [9.17, 15) is 0 Å². The Balaban J connectivity index is 1.33. The minimum atomic E-state index is 0.810. The minimum absolute atomic E-state index is 0.810. The average molecular weight is 447 g/mol. The van der Waals surface area contributed by atoms with E-state index in [1.807, 2.05) is 111 Å². The van der Waals surface area contributed by atoms with Crippen molar-refractivity contribution in [1.82, 2.24) is 0 Å². The number of anilines is 2. The quantitative estimate of drug-likeness (QED) is 0.210. The molecule has 4 aromatic rings. The van der Waals surface area contributed by atoms with Gasteiger partial charge in [0, 0.05) is 25.5 Å². The third-order valence-electron chi connectivity index (χ3n) is 5.13. The summed E-state index contributed by atoms with van der Waals surface area (Å²) in [5.41, 5.74) is 7.53. The second-order valence-corrected chi connectivity index (χ2v) is 7.51. The number of nitrogens with one attached hydrogen (secondary N) is 2. The minimum Gasteiger partial charge on any atom is -0.388 e. The van der Waals surface area contributed by atoms with Crippen molar-refractivity contribution >= 4 is 46.3 Å². The van der Waals surface area contributed by atoms with Gasteiger partial charge in [-0.05, 0) is 83.9 Å². The van der Waals surface area contributed by atoms with Crippen LogP contribution >= 0.6 is 0 Å².